The van der Waals surface area contributed by atoms with Crippen molar-refractivity contribution < 1.29 is 13.9 Å². The lowest BCUT2D eigenvalue weighted by molar-refractivity contribution is 0.0971. The minimum absolute atomic E-state index is 0.105. The van der Waals surface area contributed by atoms with E-state index in [9.17, 15) is 9.18 Å². The topological polar surface area (TPSA) is 54.1 Å². The second-order valence-electron chi connectivity index (χ2n) is 6.47. The number of carbonyl (C=O) groups is 1. The van der Waals surface area contributed by atoms with E-state index < -0.39 is 6.04 Å². The van der Waals surface area contributed by atoms with Crippen LogP contribution in [0.5, 0.6) is 5.75 Å². The van der Waals surface area contributed by atoms with Gasteiger partial charge in [-0.2, -0.15) is 0 Å². The number of carbonyl (C=O) groups excluding carboxylic acids is 1. The van der Waals surface area contributed by atoms with Crippen molar-refractivity contribution in [3.05, 3.63) is 95.9 Å². The van der Waals surface area contributed by atoms with Crippen LogP contribution < -0.4 is 10.1 Å². The second-order valence-corrected chi connectivity index (χ2v) is 6.47. The highest BCUT2D eigenvalue weighted by molar-refractivity contribution is 6.11. The van der Waals surface area contributed by atoms with Crippen LogP contribution in [0.1, 0.15) is 22.0 Å². The third kappa shape index (κ3) is 3.47. The Morgan fingerprint density at radius 2 is 1.82 bits per heavy atom. The highest BCUT2D eigenvalue weighted by Gasteiger charge is 2.24. The molecule has 0 fully saturated rings. The summed E-state index contributed by atoms with van der Waals surface area (Å²) < 4.78 is 18.7. The minimum atomic E-state index is -0.674. The van der Waals surface area contributed by atoms with Gasteiger partial charge in [-0.3, -0.25) is 4.79 Å². The van der Waals surface area contributed by atoms with E-state index in [0.29, 0.717) is 16.9 Å². The van der Waals surface area contributed by atoms with Crippen LogP contribution in [0.25, 0.3) is 10.9 Å². The Labute approximate surface area is 162 Å². The molecule has 1 aromatic heterocycles. The van der Waals surface area contributed by atoms with E-state index in [1.807, 2.05) is 48.5 Å². The summed E-state index contributed by atoms with van der Waals surface area (Å²) in [6, 6.07) is 20.3. The Bertz CT molecular complexity index is 1120. The summed E-state index contributed by atoms with van der Waals surface area (Å²) in [5.41, 5.74) is 2.90. The van der Waals surface area contributed by atoms with Gasteiger partial charge < -0.3 is 15.0 Å². The molecular weight excluding hydrogens is 355 g/mol. The molecule has 0 aliphatic rings. The van der Waals surface area contributed by atoms with Crippen molar-refractivity contribution in [2.75, 3.05) is 12.4 Å². The molecule has 1 unspecified atom stereocenters. The number of benzene rings is 3. The number of nitrogens with one attached hydrogen (secondary N) is 2. The van der Waals surface area contributed by atoms with Gasteiger partial charge in [-0.1, -0.05) is 36.4 Å². The standard InChI is InChI=1S/C23H19FN2O2/c1-28-18-6-4-5-17(13-18)26-22(15-9-11-16(24)12-10-15)23(27)20-14-25-21-8-3-2-7-19(20)21/h2-14,22,25-26H,1H3. The van der Waals surface area contributed by atoms with Crippen molar-refractivity contribution >= 4 is 22.4 Å². The number of anilines is 1. The zero-order valence-corrected chi connectivity index (χ0v) is 15.3. The zero-order valence-electron chi connectivity index (χ0n) is 15.3. The summed E-state index contributed by atoms with van der Waals surface area (Å²) in [6.07, 6.45) is 1.72. The van der Waals surface area contributed by atoms with E-state index in [-0.39, 0.29) is 11.6 Å². The van der Waals surface area contributed by atoms with E-state index in [0.717, 1.165) is 16.6 Å². The van der Waals surface area contributed by atoms with E-state index >= 15 is 0 Å². The van der Waals surface area contributed by atoms with Crippen LogP contribution in [0.4, 0.5) is 10.1 Å². The molecule has 140 valence electrons. The van der Waals surface area contributed by atoms with Gasteiger partial charge in [0.1, 0.15) is 17.6 Å². The molecule has 2 N–H and O–H groups in total. The molecule has 4 aromatic rings. The number of methoxy groups -OCH3 is 1. The molecule has 0 aliphatic carbocycles. The molecule has 1 heterocycles. The summed E-state index contributed by atoms with van der Waals surface area (Å²) in [5, 5.41) is 4.13. The van der Waals surface area contributed by atoms with Crippen LogP contribution >= 0.6 is 0 Å². The monoisotopic (exact) mass is 374 g/mol. The van der Waals surface area contributed by atoms with Crippen LogP contribution in [-0.4, -0.2) is 17.9 Å². The van der Waals surface area contributed by atoms with Crippen molar-refractivity contribution in [3.8, 4) is 5.75 Å². The maximum absolute atomic E-state index is 13.5. The first-order valence-electron chi connectivity index (χ1n) is 8.92. The van der Waals surface area contributed by atoms with Gasteiger partial charge in [0.2, 0.25) is 0 Å². The van der Waals surface area contributed by atoms with E-state index in [1.165, 1.54) is 12.1 Å². The average Bonchev–Trinajstić information content (AvgIpc) is 3.17. The molecule has 28 heavy (non-hydrogen) atoms. The number of fused-ring (bicyclic) bond motifs is 1. The first-order valence-corrected chi connectivity index (χ1v) is 8.92. The van der Waals surface area contributed by atoms with Gasteiger partial charge in [0.25, 0.3) is 0 Å². The molecule has 0 radical (unpaired) electrons. The normalized spacial score (nSPS) is 11.9. The van der Waals surface area contributed by atoms with Crippen LogP contribution in [0, 0.1) is 5.82 Å². The molecule has 4 nitrogen and oxygen atoms in total. The van der Waals surface area contributed by atoms with Crippen LogP contribution in [0.3, 0.4) is 0 Å². The van der Waals surface area contributed by atoms with Gasteiger partial charge >= 0.3 is 0 Å². The highest BCUT2D eigenvalue weighted by Crippen LogP contribution is 2.29. The van der Waals surface area contributed by atoms with Gasteiger partial charge in [0.05, 0.1) is 7.11 Å². The third-order valence-electron chi connectivity index (χ3n) is 4.70. The summed E-state index contributed by atoms with van der Waals surface area (Å²) in [4.78, 5) is 16.6. The van der Waals surface area contributed by atoms with Gasteiger partial charge in [0, 0.05) is 34.4 Å². The van der Waals surface area contributed by atoms with Gasteiger partial charge in [-0.25, -0.2) is 4.39 Å². The molecule has 1 atom stereocenters. The Balaban J connectivity index is 1.75. The summed E-state index contributed by atoms with van der Waals surface area (Å²) in [6.45, 7) is 0. The number of ether oxygens (including phenoxy) is 1. The zero-order chi connectivity index (χ0) is 19.5. The summed E-state index contributed by atoms with van der Waals surface area (Å²) in [5.74, 6) is 0.234. The fourth-order valence-corrected chi connectivity index (χ4v) is 3.27. The predicted octanol–water partition coefficient (Wildman–Crippen LogP) is 5.35. The first-order chi connectivity index (χ1) is 13.7. The lowest BCUT2D eigenvalue weighted by Gasteiger charge is -2.20. The number of hydrogen-bond donors (Lipinski definition) is 2. The van der Waals surface area contributed by atoms with Gasteiger partial charge in [-0.15, -0.1) is 0 Å². The lowest BCUT2D eigenvalue weighted by Crippen LogP contribution is -2.21. The van der Waals surface area contributed by atoms with Gasteiger partial charge in [0.15, 0.2) is 5.78 Å². The number of ketones is 1. The summed E-state index contributed by atoms with van der Waals surface area (Å²) in [7, 11) is 1.59. The number of H-pyrrole nitrogens is 1. The average molecular weight is 374 g/mol. The molecule has 0 saturated carbocycles. The van der Waals surface area contributed by atoms with Crippen molar-refractivity contribution in [2.24, 2.45) is 0 Å². The molecular formula is C23H19FN2O2. The second kappa shape index (κ2) is 7.56. The van der Waals surface area contributed by atoms with Crippen molar-refractivity contribution in [1.29, 1.82) is 0 Å². The number of rotatable bonds is 6. The molecule has 0 spiro atoms. The summed E-state index contributed by atoms with van der Waals surface area (Å²) >= 11 is 0. The fourth-order valence-electron chi connectivity index (χ4n) is 3.27. The molecule has 3 aromatic carbocycles. The lowest BCUT2D eigenvalue weighted by atomic mass is 9.96. The first kappa shape index (κ1) is 17.8. The minimum Gasteiger partial charge on any atom is -0.497 e. The van der Waals surface area contributed by atoms with Crippen molar-refractivity contribution in [1.82, 2.24) is 4.98 Å². The van der Waals surface area contributed by atoms with Crippen LogP contribution in [0.2, 0.25) is 0 Å². The Morgan fingerprint density at radius 3 is 2.61 bits per heavy atom. The van der Waals surface area contributed by atoms with Crippen LogP contribution in [-0.2, 0) is 0 Å². The number of aromatic amines is 1. The Morgan fingerprint density at radius 1 is 1.04 bits per heavy atom. The number of aromatic nitrogens is 1. The number of Topliss-reactive ketones (excluding diaryl/α,β-unsaturated/α-hetero) is 1. The van der Waals surface area contributed by atoms with Crippen LogP contribution in [0.15, 0.2) is 79.0 Å². The molecule has 0 saturated heterocycles. The molecule has 0 bridgehead atoms. The molecule has 0 amide bonds. The quantitative estimate of drug-likeness (QED) is 0.447. The fraction of sp³-hybridized carbons (Fsp3) is 0.0870. The SMILES string of the molecule is COc1cccc(NC(C(=O)c2c[nH]c3ccccc23)c2ccc(F)cc2)c1. The van der Waals surface area contributed by atoms with Crippen molar-refractivity contribution in [2.45, 2.75) is 6.04 Å². The van der Waals surface area contributed by atoms with Crippen molar-refractivity contribution in [3.63, 3.8) is 0 Å². The van der Waals surface area contributed by atoms with E-state index in [2.05, 4.69) is 10.3 Å². The smallest absolute Gasteiger partial charge is 0.191 e. The molecule has 4 rings (SSSR count). The third-order valence-corrected chi connectivity index (χ3v) is 4.70. The van der Waals surface area contributed by atoms with E-state index in [4.69, 9.17) is 4.74 Å². The number of halogens is 1. The molecule has 0 aliphatic heterocycles. The number of para-hydroxylation sites is 1. The predicted molar refractivity (Wildman–Crippen MR) is 108 cm³/mol. The largest absolute Gasteiger partial charge is 0.497 e. The number of hydrogen-bond acceptors (Lipinski definition) is 3. The highest BCUT2D eigenvalue weighted by atomic mass is 19.1. The molecule has 5 heteroatoms. The van der Waals surface area contributed by atoms with Gasteiger partial charge in [-0.05, 0) is 35.9 Å². The maximum atomic E-state index is 13.5. The van der Waals surface area contributed by atoms with E-state index in [1.54, 1.807) is 25.4 Å². The maximum Gasteiger partial charge on any atom is 0.191 e. The Kier molecular flexibility index (Phi) is 4.81. The Hall–Kier alpha value is -3.60.